The first-order chi connectivity index (χ1) is 11.5. The summed E-state index contributed by atoms with van der Waals surface area (Å²) in [6.45, 7) is 5.18. The van der Waals surface area contributed by atoms with Crippen molar-refractivity contribution in [1.82, 2.24) is 4.98 Å². The Hall–Kier alpha value is -2.69. The molecule has 0 aliphatic carbocycles. The number of nitriles is 1. The van der Waals surface area contributed by atoms with Gasteiger partial charge in [-0.1, -0.05) is 16.5 Å². The summed E-state index contributed by atoms with van der Waals surface area (Å²) in [4.78, 5) is 4.34. The molecule has 0 amide bonds. The van der Waals surface area contributed by atoms with Gasteiger partial charge in [0.15, 0.2) is 0 Å². The van der Waals surface area contributed by atoms with Gasteiger partial charge in [0, 0.05) is 30.3 Å². The van der Waals surface area contributed by atoms with Crippen molar-refractivity contribution in [3.05, 3.63) is 70.5 Å². The molecule has 2 rings (SSSR count). The van der Waals surface area contributed by atoms with E-state index in [1.165, 1.54) is 25.4 Å². The summed E-state index contributed by atoms with van der Waals surface area (Å²) >= 11 is -1.73. The van der Waals surface area contributed by atoms with Gasteiger partial charge in [-0.2, -0.15) is 5.26 Å². The third-order valence-electron chi connectivity index (χ3n) is 3.07. The molecular formula is C17H14FN3O2S. The van der Waals surface area contributed by atoms with Crippen molar-refractivity contribution < 1.29 is 13.7 Å². The molecule has 0 aliphatic heterocycles. The van der Waals surface area contributed by atoms with Crippen LogP contribution in [0.5, 0.6) is 5.88 Å². The molecule has 1 aromatic heterocycles. The largest absolute Gasteiger partial charge is 0.586 e. The van der Waals surface area contributed by atoms with Gasteiger partial charge in [0.05, 0.1) is 12.7 Å². The maximum Gasteiger partial charge on any atom is 0.213 e. The highest BCUT2D eigenvalue weighted by molar-refractivity contribution is 7.94. The van der Waals surface area contributed by atoms with E-state index >= 15 is 0 Å². The summed E-state index contributed by atoms with van der Waals surface area (Å²) in [5.74, 6) is -0.360. The fourth-order valence-electron chi connectivity index (χ4n) is 1.92. The lowest BCUT2D eigenvalue weighted by atomic mass is 9.98. The second-order valence-corrected chi connectivity index (χ2v) is 6.13. The average Bonchev–Trinajstić information content (AvgIpc) is 2.59. The van der Waals surface area contributed by atoms with Gasteiger partial charge in [0.2, 0.25) is 5.88 Å². The van der Waals surface area contributed by atoms with Crippen molar-refractivity contribution in [2.75, 3.05) is 7.11 Å². The summed E-state index contributed by atoms with van der Waals surface area (Å²) < 4.78 is 35.3. The first-order valence-corrected chi connectivity index (χ1v) is 7.94. The van der Waals surface area contributed by atoms with Gasteiger partial charge >= 0.3 is 0 Å². The summed E-state index contributed by atoms with van der Waals surface area (Å²) in [7, 11) is 1.46. The molecule has 0 radical (unpaired) electrons. The number of methoxy groups -OCH3 is 1. The zero-order valence-corrected chi connectivity index (χ0v) is 13.9. The van der Waals surface area contributed by atoms with Gasteiger partial charge in [0.1, 0.15) is 33.9 Å². The summed E-state index contributed by atoms with van der Waals surface area (Å²) in [6, 6.07) is 9.19. The highest BCUT2D eigenvalue weighted by atomic mass is 32.2. The SMILES string of the molecule is C=C(C)[S+]([O-])/N=C(\c1ccnc(OC)c1)c1cccc(F)c1C#N. The molecule has 1 heterocycles. The third kappa shape index (κ3) is 3.79. The molecule has 2 aromatic rings. The Kier molecular flexibility index (Phi) is 5.68. The van der Waals surface area contributed by atoms with Gasteiger partial charge in [-0.25, -0.2) is 9.37 Å². The highest BCUT2D eigenvalue weighted by Crippen LogP contribution is 2.22. The van der Waals surface area contributed by atoms with E-state index in [-0.39, 0.29) is 16.8 Å². The highest BCUT2D eigenvalue weighted by Gasteiger charge is 2.20. The molecule has 0 bridgehead atoms. The van der Waals surface area contributed by atoms with E-state index < -0.39 is 17.2 Å². The van der Waals surface area contributed by atoms with Gasteiger partial charge in [0.25, 0.3) is 0 Å². The Morgan fingerprint density at radius 3 is 2.83 bits per heavy atom. The summed E-state index contributed by atoms with van der Waals surface area (Å²) in [5.41, 5.74) is 0.762. The van der Waals surface area contributed by atoms with Crippen LogP contribution in [0, 0.1) is 17.1 Å². The van der Waals surface area contributed by atoms with Crippen molar-refractivity contribution in [3.63, 3.8) is 0 Å². The summed E-state index contributed by atoms with van der Waals surface area (Å²) in [6.07, 6.45) is 1.48. The van der Waals surface area contributed by atoms with Crippen molar-refractivity contribution in [1.29, 1.82) is 5.26 Å². The average molecular weight is 343 g/mol. The number of nitrogens with zero attached hydrogens (tertiary/aromatic N) is 3. The molecule has 0 saturated carbocycles. The van der Waals surface area contributed by atoms with Crippen LogP contribution in [0.4, 0.5) is 4.39 Å². The first-order valence-electron chi connectivity index (χ1n) is 6.83. The van der Waals surface area contributed by atoms with E-state index in [2.05, 4.69) is 16.0 Å². The maximum atomic E-state index is 14.0. The van der Waals surface area contributed by atoms with Crippen LogP contribution in [0.1, 0.15) is 23.6 Å². The van der Waals surface area contributed by atoms with Crippen LogP contribution in [-0.4, -0.2) is 22.4 Å². The minimum absolute atomic E-state index is 0.175. The first kappa shape index (κ1) is 17.7. The number of halogens is 1. The zero-order valence-electron chi connectivity index (χ0n) is 13.1. The monoisotopic (exact) mass is 343 g/mol. The van der Waals surface area contributed by atoms with E-state index in [1.807, 2.05) is 6.07 Å². The molecule has 122 valence electrons. The molecule has 0 spiro atoms. The number of pyridine rings is 1. The fraction of sp³-hybridized carbons (Fsp3) is 0.118. The Labute approximate surface area is 142 Å². The van der Waals surface area contributed by atoms with E-state index in [1.54, 1.807) is 25.1 Å². The molecule has 1 unspecified atom stereocenters. The lowest BCUT2D eigenvalue weighted by molar-refractivity contribution is 0.398. The van der Waals surface area contributed by atoms with Crippen molar-refractivity contribution in [2.24, 2.45) is 4.40 Å². The van der Waals surface area contributed by atoms with E-state index in [4.69, 9.17) is 4.74 Å². The Morgan fingerprint density at radius 2 is 2.21 bits per heavy atom. The molecule has 1 atom stereocenters. The number of rotatable bonds is 5. The Bertz CT molecular complexity index is 846. The molecule has 24 heavy (non-hydrogen) atoms. The second kappa shape index (κ2) is 7.73. The number of hydrogen-bond acceptors (Lipinski definition) is 5. The molecular weight excluding hydrogens is 329 g/mol. The van der Waals surface area contributed by atoms with E-state index in [0.29, 0.717) is 16.3 Å². The van der Waals surface area contributed by atoms with Crippen molar-refractivity contribution in [3.8, 4) is 11.9 Å². The van der Waals surface area contributed by atoms with Crippen molar-refractivity contribution >= 4 is 17.1 Å². The number of allylic oxidation sites excluding steroid dienone is 1. The molecule has 5 nitrogen and oxygen atoms in total. The topological polar surface area (TPSA) is 81.3 Å². The molecule has 0 N–H and O–H groups in total. The van der Waals surface area contributed by atoms with Crippen LogP contribution in [0.15, 0.2) is 52.4 Å². The van der Waals surface area contributed by atoms with E-state index in [9.17, 15) is 14.2 Å². The summed E-state index contributed by atoms with van der Waals surface area (Å²) in [5, 5.41) is 9.26. The van der Waals surface area contributed by atoms with E-state index in [0.717, 1.165) is 0 Å². The molecule has 1 aromatic carbocycles. The van der Waals surface area contributed by atoms with Crippen LogP contribution < -0.4 is 4.74 Å². The third-order valence-corrected chi connectivity index (χ3v) is 4.01. The maximum absolute atomic E-state index is 14.0. The zero-order chi connectivity index (χ0) is 17.7. The Morgan fingerprint density at radius 1 is 1.46 bits per heavy atom. The predicted molar refractivity (Wildman–Crippen MR) is 90.5 cm³/mol. The standard InChI is InChI=1S/C17H14FN3O2S/c1-11(2)24(22)21-17(12-7-8-20-16(9-12)23-3)13-5-4-6-15(18)14(13)10-19/h4-9H,1H2,2-3H3/b21-17+. The fourth-order valence-corrected chi connectivity index (χ4v) is 2.45. The van der Waals surface area contributed by atoms with Crippen LogP contribution in [0.3, 0.4) is 0 Å². The molecule has 0 saturated heterocycles. The minimum Gasteiger partial charge on any atom is -0.586 e. The predicted octanol–water partition coefficient (Wildman–Crippen LogP) is 3.14. The lowest BCUT2D eigenvalue weighted by Gasteiger charge is -2.11. The van der Waals surface area contributed by atoms with Crippen molar-refractivity contribution in [2.45, 2.75) is 6.92 Å². The number of ether oxygens (including phenoxy) is 1. The normalized spacial score (nSPS) is 12.4. The van der Waals surface area contributed by atoms with Gasteiger partial charge in [-0.05, 0) is 18.7 Å². The smallest absolute Gasteiger partial charge is 0.213 e. The lowest BCUT2D eigenvalue weighted by Crippen LogP contribution is -2.11. The van der Waals surface area contributed by atoms with Gasteiger partial charge in [-0.15, -0.1) is 0 Å². The molecule has 0 fully saturated rings. The molecule has 0 aliphatic rings. The van der Waals surface area contributed by atoms with Crippen LogP contribution in [0.25, 0.3) is 0 Å². The van der Waals surface area contributed by atoms with Crippen LogP contribution >= 0.6 is 0 Å². The minimum atomic E-state index is -1.73. The second-order valence-electron chi connectivity index (χ2n) is 4.75. The number of hydrogen-bond donors (Lipinski definition) is 0. The number of benzene rings is 1. The van der Waals surface area contributed by atoms with Crippen LogP contribution in [-0.2, 0) is 11.4 Å². The number of aromatic nitrogens is 1. The quantitative estimate of drug-likeness (QED) is 0.617. The Balaban J connectivity index is 2.71. The van der Waals surface area contributed by atoms with Gasteiger partial charge in [-0.3, -0.25) is 0 Å². The van der Waals surface area contributed by atoms with Gasteiger partial charge < -0.3 is 9.29 Å². The molecule has 7 heteroatoms. The van der Waals surface area contributed by atoms with Crippen LogP contribution in [0.2, 0.25) is 0 Å².